The van der Waals surface area contributed by atoms with E-state index in [1.165, 1.54) is 23.9 Å². The minimum atomic E-state index is -2.44. The fourth-order valence-electron chi connectivity index (χ4n) is 19.3. The van der Waals surface area contributed by atoms with Gasteiger partial charge >= 0.3 is 11.9 Å². The van der Waals surface area contributed by atoms with Crippen LogP contribution in [-0.4, -0.2) is 283 Å². The second-order valence-corrected chi connectivity index (χ2v) is 37.3. The molecule has 5 aromatic heterocycles. The monoisotopic (exact) mass is 1850 g/mol. The predicted octanol–water partition coefficient (Wildman–Crippen LogP) is 10.8. The van der Waals surface area contributed by atoms with Crippen LogP contribution in [-0.2, 0) is 86.2 Å². The number of nitrogen functional groups attached to an aromatic ring is 1. The number of piperazine rings is 2. The number of hydrogen-bond donors (Lipinski definition) is 3. The highest BCUT2D eigenvalue weighted by molar-refractivity contribution is 6.39. The van der Waals surface area contributed by atoms with Crippen molar-refractivity contribution in [1.82, 2.24) is 64.3 Å². The molecule has 722 valence electrons. The molecule has 0 unspecified atom stereocenters. The lowest BCUT2D eigenvalue weighted by Gasteiger charge is -2.42. The van der Waals surface area contributed by atoms with E-state index in [0.29, 0.717) is 157 Å². The molecule has 11 heterocycles. The van der Waals surface area contributed by atoms with Crippen LogP contribution in [0.15, 0.2) is 126 Å². The summed E-state index contributed by atoms with van der Waals surface area (Å²) in [5.41, 5.74) is 15.6. The van der Waals surface area contributed by atoms with Gasteiger partial charge in [-0.3, -0.25) is 38.5 Å². The van der Waals surface area contributed by atoms with Gasteiger partial charge in [-0.1, -0.05) is 96.2 Å². The van der Waals surface area contributed by atoms with Crippen molar-refractivity contribution in [3.63, 3.8) is 0 Å². The van der Waals surface area contributed by atoms with Gasteiger partial charge in [-0.25, -0.2) is 39.4 Å². The van der Waals surface area contributed by atoms with Crippen molar-refractivity contribution < 1.29 is 86.1 Å². The number of aryl methyl sites for hydroxylation is 1. The van der Waals surface area contributed by atoms with Crippen LogP contribution in [0.3, 0.4) is 0 Å². The molecule has 7 aromatic rings. The number of amides is 3. The average molecular weight is 1850 g/mol. The number of cyclic esters (lactones) is 1. The number of methoxy groups -OCH3 is 3. The van der Waals surface area contributed by atoms with E-state index in [-0.39, 0.29) is 79.1 Å². The number of Topliss-reactive ketones (excluding diaryl/α,β-unsaturated/α-hetero) is 3. The number of anilines is 3. The summed E-state index contributed by atoms with van der Waals surface area (Å²) in [4.78, 5) is 154. The Hall–Kier alpha value is -11.0. The van der Waals surface area contributed by atoms with Gasteiger partial charge in [0.25, 0.3) is 23.6 Å². The Kier molecular flexibility index (Phi) is 35.2. The zero-order valence-corrected chi connectivity index (χ0v) is 79.6. The number of aliphatic hydroxyl groups excluding tert-OH is 1. The normalized spacial score (nSPS) is 27.6. The number of aliphatic hydroxyl groups is 2. The molecule has 0 radical (unpaired) electrons. The van der Waals surface area contributed by atoms with E-state index in [4.69, 9.17) is 48.4 Å². The fourth-order valence-corrected chi connectivity index (χ4v) is 19.3. The van der Waals surface area contributed by atoms with Crippen LogP contribution in [0.25, 0.3) is 33.4 Å². The van der Waals surface area contributed by atoms with Crippen molar-refractivity contribution in [2.75, 3.05) is 122 Å². The van der Waals surface area contributed by atoms with Crippen molar-refractivity contribution in [2.45, 2.75) is 233 Å². The lowest BCUT2D eigenvalue weighted by Crippen LogP contribution is -2.61. The van der Waals surface area contributed by atoms with Crippen LogP contribution in [0.2, 0.25) is 0 Å². The molecule has 7 aliphatic rings. The molecule has 4 saturated heterocycles. The topological polar surface area (TPSA) is 408 Å². The summed E-state index contributed by atoms with van der Waals surface area (Å²) in [6.45, 7) is 26.0. The first-order chi connectivity index (χ1) is 64.5. The number of carbonyl (C=O) groups excluding carboxylic acids is 8. The summed E-state index contributed by atoms with van der Waals surface area (Å²) in [7, 11) is 4.54. The Labute approximate surface area is 784 Å². The molecule has 2 bridgehead atoms. The molecule has 14 rings (SSSR count). The predicted molar refractivity (Wildman–Crippen MR) is 502 cm³/mol. The molecule has 0 spiro atoms. The Bertz CT molecular complexity index is 5340. The number of ketones is 3. The first kappa shape index (κ1) is 100. The molecule has 34 heteroatoms. The van der Waals surface area contributed by atoms with Crippen molar-refractivity contribution in [3.05, 3.63) is 149 Å². The highest BCUT2D eigenvalue weighted by Gasteiger charge is 2.53. The number of ether oxygens (including phenoxy) is 7. The van der Waals surface area contributed by atoms with E-state index in [1.54, 1.807) is 59.7 Å². The van der Waals surface area contributed by atoms with Gasteiger partial charge in [0.2, 0.25) is 23.6 Å². The Morgan fingerprint density at radius 2 is 1.46 bits per heavy atom. The van der Waals surface area contributed by atoms with Gasteiger partial charge in [0.15, 0.2) is 29.2 Å². The maximum absolute atomic E-state index is 14.5. The smallest absolute Gasteiger partial charge is 0.329 e. The maximum Gasteiger partial charge on any atom is 0.329 e. The number of nitrogens with zero attached hydrogens (tertiary/aromatic N) is 15. The van der Waals surface area contributed by atoms with Crippen molar-refractivity contribution in [2.24, 2.45) is 35.5 Å². The zero-order valence-electron chi connectivity index (χ0n) is 79.6. The Balaban J connectivity index is 0.000000228. The lowest BCUT2D eigenvalue weighted by atomic mass is 9.78. The van der Waals surface area contributed by atoms with E-state index in [9.17, 15) is 48.6 Å². The van der Waals surface area contributed by atoms with Gasteiger partial charge in [0, 0.05) is 173 Å². The highest BCUT2D eigenvalue weighted by Crippen LogP contribution is 2.40. The minimum Gasteiger partial charge on any atom is -0.460 e. The summed E-state index contributed by atoms with van der Waals surface area (Å²) in [5, 5.41) is 28.3. The van der Waals surface area contributed by atoms with Gasteiger partial charge in [0.05, 0.1) is 61.5 Å². The zero-order chi connectivity index (χ0) is 95.4. The number of nitrogens with two attached hydrogens (primary N) is 1. The Morgan fingerprint density at radius 3 is 2.19 bits per heavy atom. The van der Waals surface area contributed by atoms with E-state index in [1.807, 2.05) is 117 Å². The van der Waals surface area contributed by atoms with Crippen LogP contribution >= 0.6 is 0 Å². The third-order valence-corrected chi connectivity index (χ3v) is 27.4. The number of benzene rings is 2. The van der Waals surface area contributed by atoms with E-state index < -0.39 is 89.8 Å². The highest BCUT2D eigenvalue weighted by atomic mass is 16.6. The van der Waals surface area contributed by atoms with Gasteiger partial charge in [0.1, 0.15) is 35.5 Å². The summed E-state index contributed by atoms with van der Waals surface area (Å²) >= 11 is 0. The van der Waals surface area contributed by atoms with Crippen LogP contribution < -0.4 is 15.5 Å². The number of fused-ring (bicyclic) bond motifs is 6. The number of carbonyl (C=O) groups is 8. The molecular weight excluding hydrogens is 1710 g/mol. The SMILES string of the molecule is CCCC(=O)O[C@@H]1/C(C)=C/[C@@H](C)C(=O)C[C@@H]([C@H](C)C[C@@H]2CC[C@@H](O)[C@H](OC)C2)OC(=O)[C@@H]2CCCCN2C(=O)C(=O)[C@]2(O)O[C@@H](CC[C@H]2C)C[C@H](OC)/C(C)=C/C=C/C=C/[C@@H](C)C[C@@H](C)C(=O)[C@@H]1OC.Cc1cnc(N2CCN(C(=O)CCOCCN3CCN(c4ncc(C(=O)N5CCc6cc(Cn7nc(-c8ccc9oc(N)nc9c8)c8cncnc87)ccc6C5)cn4)CC3)CC2)nc1. The first-order valence-corrected chi connectivity index (χ1v) is 47.6. The van der Waals surface area contributed by atoms with Crippen LogP contribution in [0.5, 0.6) is 0 Å². The molecular formula is C100H134N16O18. The summed E-state index contributed by atoms with van der Waals surface area (Å²) in [5.74, 6) is -7.29. The van der Waals surface area contributed by atoms with Crippen molar-refractivity contribution in [1.29, 1.82) is 0 Å². The molecule has 34 nitrogen and oxygen atoms in total. The second-order valence-electron chi connectivity index (χ2n) is 37.3. The Morgan fingerprint density at radius 1 is 0.724 bits per heavy atom. The third kappa shape index (κ3) is 25.4. The number of rotatable bonds is 21. The molecule has 134 heavy (non-hydrogen) atoms. The van der Waals surface area contributed by atoms with Crippen LogP contribution in [0, 0.1) is 42.4 Å². The number of allylic oxidation sites excluding steroid dienone is 6. The maximum atomic E-state index is 14.5. The van der Waals surface area contributed by atoms with Gasteiger partial charge in [-0.15, -0.1) is 0 Å². The lowest BCUT2D eigenvalue weighted by molar-refractivity contribution is -0.265. The van der Waals surface area contributed by atoms with E-state index in [2.05, 4.69) is 67.8 Å². The summed E-state index contributed by atoms with van der Waals surface area (Å²) in [6, 6.07) is 11.0. The largest absolute Gasteiger partial charge is 0.460 e. The summed E-state index contributed by atoms with van der Waals surface area (Å²) in [6.07, 6.45) is 23.2. The van der Waals surface area contributed by atoms with E-state index in [0.717, 1.165) is 96.8 Å². The second kappa shape index (κ2) is 47.0. The average Bonchev–Trinajstić information content (AvgIpc) is 1.42. The number of hydrogen-bond acceptors (Lipinski definition) is 30. The molecule has 1 saturated carbocycles. The molecule has 3 amide bonds. The van der Waals surface area contributed by atoms with Crippen molar-refractivity contribution >= 4 is 87.1 Å². The minimum absolute atomic E-state index is 0.0141. The molecule has 5 fully saturated rings. The number of oxazole rings is 1. The molecule has 4 N–H and O–H groups in total. The van der Waals surface area contributed by atoms with Crippen LogP contribution in [0.4, 0.5) is 17.9 Å². The van der Waals surface area contributed by atoms with Gasteiger partial charge < -0.3 is 78.0 Å². The van der Waals surface area contributed by atoms with Crippen molar-refractivity contribution in [3.8, 4) is 11.3 Å². The molecule has 1 aliphatic carbocycles. The summed E-state index contributed by atoms with van der Waals surface area (Å²) < 4.78 is 48.9. The third-order valence-electron chi connectivity index (χ3n) is 27.4. The quantitative estimate of drug-likeness (QED) is 0.0260. The fraction of sp³-hybridized carbons (Fsp3) is 0.580. The molecule has 2 aromatic carbocycles. The van der Waals surface area contributed by atoms with Crippen LogP contribution in [0.1, 0.15) is 184 Å². The number of esters is 2. The molecule has 6 aliphatic heterocycles. The van der Waals surface area contributed by atoms with Gasteiger partial charge in [-0.2, -0.15) is 10.1 Å². The molecule has 15 atom stereocenters. The van der Waals surface area contributed by atoms with Gasteiger partial charge in [-0.05, 0) is 167 Å². The standard InChI is InChI=1S/C55H85NO14.C45H49N15O4/c1-12-18-48(59)69-50-38(7)28-35(4)44(58)32-46(36(5)29-40-23-25-43(57)47(30-40)66-10)68-54(63)42-21-16-17-26-56(42)53(62)52(61)55(64)39(8)22-24-41(70-55)31-45(65-9)34(3)20-15-13-14-19-33(2)27-37(6)49(60)51(50)67-11;1-30-22-48-44(49-23-30)58-15-13-56(14-16-58)39(61)7-18-63-19-17-55-9-11-57(12-10-55)45-50-24-35(25-51-45)42(62)59-8-6-32-20-31(2-3-34(32)28-59)27-60-41-36(26-47-29-52-41)40(54-60)33-4-5-38-37(21-33)53-43(46)64-38/h13-15,19-20,28,33,35-37,39-43,45-47,50-51,57,64H,12,16-18,21-27,29-32H2,1-11H3;2-5,20-26,29H,6-19,27-28H2,1H3,(H2,46,53)/b15-13+,19-14+,34-20+,38-28+;/t33-,35-,36-,37-,39-,40+,41+,42+,43-,45+,46+,47-,50-,51+,55-;/m1./s1. The first-order valence-electron chi connectivity index (χ1n) is 47.6. The van der Waals surface area contributed by atoms with E-state index >= 15 is 0 Å². The number of aromatic nitrogens is 9. The number of piperidine rings is 1.